The first-order chi connectivity index (χ1) is 8.58. The summed E-state index contributed by atoms with van der Waals surface area (Å²) in [5.41, 5.74) is -0.594. The SMILES string of the molecule is CC(C)(C)OC(=O)N1CCCC1CNCC(F)(F)F. The Morgan fingerprint density at radius 3 is 2.53 bits per heavy atom. The van der Waals surface area contributed by atoms with E-state index in [1.165, 1.54) is 4.90 Å². The van der Waals surface area contributed by atoms with Gasteiger partial charge >= 0.3 is 12.3 Å². The number of nitrogens with zero attached hydrogens (tertiary/aromatic N) is 1. The summed E-state index contributed by atoms with van der Waals surface area (Å²) in [7, 11) is 0. The van der Waals surface area contributed by atoms with Crippen LogP contribution in [0.4, 0.5) is 18.0 Å². The van der Waals surface area contributed by atoms with Gasteiger partial charge in [-0.25, -0.2) is 4.79 Å². The number of carbonyl (C=O) groups excluding carboxylic acids is 1. The lowest BCUT2D eigenvalue weighted by Gasteiger charge is -2.28. The molecule has 1 aliphatic heterocycles. The van der Waals surface area contributed by atoms with E-state index in [1.54, 1.807) is 20.8 Å². The van der Waals surface area contributed by atoms with Crippen molar-refractivity contribution in [3.05, 3.63) is 0 Å². The molecule has 19 heavy (non-hydrogen) atoms. The molecule has 1 saturated heterocycles. The van der Waals surface area contributed by atoms with Gasteiger partial charge in [-0.15, -0.1) is 0 Å². The first-order valence-corrected chi connectivity index (χ1v) is 6.35. The van der Waals surface area contributed by atoms with E-state index in [4.69, 9.17) is 4.74 Å². The van der Waals surface area contributed by atoms with E-state index >= 15 is 0 Å². The van der Waals surface area contributed by atoms with E-state index < -0.39 is 24.4 Å². The van der Waals surface area contributed by atoms with Crippen molar-refractivity contribution in [3.8, 4) is 0 Å². The van der Waals surface area contributed by atoms with E-state index in [1.807, 2.05) is 0 Å². The number of carbonyl (C=O) groups is 1. The predicted octanol–water partition coefficient (Wildman–Crippen LogP) is 2.54. The number of ether oxygens (including phenoxy) is 1. The van der Waals surface area contributed by atoms with E-state index in [9.17, 15) is 18.0 Å². The molecule has 7 heteroatoms. The molecule has 1 N–H and O–H groups in total. The third-order valence-corrected chi connectivity index (χ3v) is 2.71. The van der Waals surface area contributed by atoms with Gasteiger partial charge in [-0.3, -0.25) is 0 Å². The highest BCUT2D eigenvalue weighted by Crippen LogP contribution is 2.20. The summed E-state index contributed by atoms with van der Waals surface area (Å²) < 4.78 is 41.4. The molecule has 1 heterocycles. The normalized spacial score (nSPS) is 20.7. The van der Waals surface area contributed by atoms with Crippen LogP contribution in [0.2, 0.25) is 0 Å². The highest BCUT2D eigenvalue weighted by Gasteiger charge is 2.33. The molecule has 0 saturated carbocycles. The topological polar surface area (TPSA) is 41.6 Å². The van der Waals surface area contributed by atoms with Crippen molar-refractivity contribution in [1.29, 1.82) is 0 Å². The van der Waals surface area contributed by atoms with Gasteiger partial charge in [0.15, 0.2) is 0 Å². The Morgan fingerprint density at radius 1 is 1.37 bits per heavy atom. The molecule has 0 aromatic rings. The molecule has 112 valence electrons. The van der Waals surface area contributed by atoms with Gasteiger partial charge in [0.2, 0.25) is 0 Å². The van der Waals surface area contributed by atoms with Gasteiger partial charge < -0.3 is 15.0 Å². The van der Waals surface area contributed by atoms with Crippen LogP contribution in [0.3, 0.4) is 0 Å². The van der Waals surface area contributed by atoms with Gasteiger partial charge in [-0.2, -0.15) is 13.2 Å². The zero-order chi connectivity index (χ0) is 14.7. The van der Waals surface area contributed by atoms with Crippen LogP contribution in [-0.2, 0) is 4.74 Å². The third kappa shape index (κ3) is 6.13. The summed E-state index contributed by atoms with van der Waals surface area (Å²) in [5.74, 6) is 0. The Hall–Kier alpha value is -0.980. The van der Waals surface area contributed by atoms with Crippen molar-refractivity contribution in [3.63, 3.8) is 0 Å². The standard InChI is InChI=1S/C12H21F3N2O2/c1-11(2,3)19-10(18)17-6-4-5-9(17)7-16-8-12(13,14)15/h9,16H,4-8H2,1-3H3. The molecular weight excluding hydrogens is 261 g/mol. The Labute approximate surface area is 111 Å². The van der Waals surface area contributed by atoms with E-state index in [-0.39, 0.29) is 12.6 Å². The average Bonchev–Trinajstić information content (AvgIpc) is 2.61. The van der Waals surface area contributed by atoms with Gasteiger partial charge in [-0.1, -0.05) is 0 Å². The van der Waals surface area contributed by atoms with Crippen LogP contribution in [0.5, 0.6) is 0 Å². The van der Waals surface area contributed by atoms with Crippen molar-refractivity contribution in [2.75, 3.05) is 19.6 Å². The molecule has 1 atom stereocenters. The summed E-state index contributed by atoms with van der Waals surface area (Å²) in [6.45, 7) is 4.92. The quantitative estimate of drug-likeness (QED) is 0.865. The summed E-state index contributed by atoms with van der Waals surface area (Å²) in [5, 5.41) is 2.34. The van der Waals surface area contributed by atoms with Gasteiger partial charge in [0.05, 0.1) is 6.54 Å². The van der Waals surface area contributed by atoms with Gasteiger partial charge in [-0.05, 0) is 33.6 Å². The fourth-order valence-electron chi connectivity index (χ4n) is 1.99. The average molecular weight is 282 g/mol. The molecule has 1 fully saturated rings. The number of rotatable bonds is 3. The van der Waals surface area contributed by atoms with Gasteiger partial charge in [0.1, 0.15) is 5.60 Å². The van der Waals surface area contributed by atoms with Crippen molar-refractivity contribution in [2.45, 2.75) is 51.4 Å². The number of alkyl halides is 3. The van der Waals surface area contributed by atoms with E-state index in [0.717, 1.165) is 6.42 Å². The van der Waals surface area contributed by atoms with Crippen LogP contribution >= 0.6 is 0 Å². The van der Waals surface area contributed by atoms with Crippen LogP contribution in [0.15, 0.2) is 0 Å². The molecule has 0 radical (unpaired) electrons. The lowest BCUT2D eigenvalue weighted by Crippen LogP contribution is -2.45. The molecule has 0 spiro atoms. The van der Waals surface area contributed by atoms with E-state index in [2.05, 4.69) is 5.32 Å². The molecule has 1 amide bonds. The summed E-state index contributed by atoms with van der Waals surface area (Å²) in [6.07, 6.45) is -3.19. The number of likely N-dealkylation sites (tertiary alicyclic amines) is 1. The molecule has 0 aromatic heterocycles. The molecule has 0 bridgehead atoms. The molecule has 1 unspecified atom stereocenters. The molecule has 0 aliphatic carbocycles. The van der Waals surface area contributed by atoms with Crippen molar-refractivity contribution >= 4 is 6.09 Å². The van der Waals surface area contributed by atoms with Crippen LogP contribution in [0, 0.1) is 0 Å². The predicted molar refractivity (Wildman–Crippen MR) is 64.9 cm³/mol. The summed E-state index contributed by atoms with van der Waals surface area (Å²) in [6, 6.07) is -0.225. The molecular formula is C12H21F3N2O2. The van der Waals surface area contributed by atoms with E-state index in [0.29, 0.717) is 13.0 Å². The second-order valence-corrected chi connectivity index (χ2v) is 5.72. The van der Waals surface area contributed by atoms with Crippen LogP contribution in [0.25, 0.3) is 0 Å². The maximum Gasteiger partial charge on any atom is 0.410 e. The number of nitrogens with one attached hydrogen (secondary N) is 1. The maximum absolute atomic E-state index is 12.0. The highest BCUT2D eigenvalue weighted by molar-refractivity contribution is 5.69. The Bertz CT molecular complexity index is 313. The summed E-state index contributed by atoms with van der Waals surface area (Å²) in [4.78, 5) is 13.4. The smallest absolute Gasteiger partial charge is 0.410 e. The van der Waals surface area contributed by atoms with Gasteiger partial charge in [0.25, 0.3) is 0 Å². The van der Waals surface area contributed by atoms with Gasteiger partial charge in [0, 0.05) is 19.1 Å². The Kier molecular flexibility index (Phi) is 5.06. The van der Waals surface area contributed by atoms with Crippen LogP contribution in [-0.4, -0.2) is 48.4 Å². The first-order valence-electron chi connectivity index (χ1n) is 6.35. The maximum atomic E-state index is 12.0. The minimum atomic E-state index is -4.23. The second kappa shape index (κ2) is 5.98. The minimum absolute atomic E-state index is 0.138. The fourth-order valence-corrected chi connectivity index (χ4v) is 1.99. The summed E-state index contributed by atoms with van der Waals surface area (Å²) >= 11 is 0. The van der Waals surface area contributed by atoms with Crippen LogP contribution < -0.4 is 5.32 Å². The molecule has 0 aromatic carbocycles. The highest BCUT2D eigenvalue weighted by atomic mass is 19.4. The number of hydrogen-bond donors (Lipinski definition) is 1. The number of halogens is 3. The molecule has 1 aliphatic rings. The zero-order valence-corrected chi connectivity index (χ0v) is 11.5. The number of amides is 1. The lowest BCUT2D eigenvalue weighted by atomic mass is 10.2. The number of hydrogen-bond acceptors (Lipinski definition) is 3. The monoisotopic (exact) mass is 282 g/mol. The Morgan fingerprint density at radius 2 is 2.00 bits per heavy atom. The van der Waals surface area contributed by atoms with Crippen molar-refractivity contribution < 1.29 is 22.7 Å². The Balaban J connectivity index is 2.43. The molecule has 1 rings (SSSR count). The molecule has 4 nitrogen and oxygen atoms in total. The van der Waals surface area contributed by atoms with Crippen LogP contribution in [0.1, 0.15) is 33.6 Å². The first kappa shape index (κ1) is 16.1. The van der Waals surface area contributed by atoms with Crippen molar-refractivity contribution in [1.82, 2.24) is 10.2 Å². The largest absolute Gasteiger partial charge is 0.444 e. The van der Waals surface area contributed by atoms with Crippen molar-refractivity contribution in [2.24, 2.45) is 0 Å². The lowest BCUT2D eigenvalue weighted by molar-refractivity contribution is -0.125. The minimum Gasteiger partial charge on any atom is -0.444 e. The zero-order valence-electron chi connectivity index (χ0n) is 11.5. The third-order valence-electron chi connectivity index (χ3n) is 2.71. The second-order valence-electron chi connectivity index (χ2n) is 5.72. The fraction of sp³-hybridized carbons (Fsp3) is 0.917.